The first-order chi connectivity index (χ1) is 1.41. The van der Waals surface area contributed by atoms with Crippen molar-refractivity contribution < 1.29 is 7.91 Å². The van der Waals surface area contributed by atoms with Crippen LogP contribution in [0.4, 0.5) is 0 Å². The Hall–Kier alpha value is 0.779. The summed E-state index contributed by atoms with van der Waals surface area (Å²) in [6.07, 6.45) is 0. The van der Waals surface area contributed by atoms with Gasteiger partial charge in [-0.05, 0) is 0 Å². The maximum atomic E-state index is 8.64. The van der Waals surface area contributed by atoms with Crippen molar-refractivity contribution >= 4 is 35.5 Å². The molecule has 0 saturated heterocycles. The molecule has 0 fully saturated rings. The monoisotopic (exact) mass is 177 g/mol. The molecule has 4 heavy (non-hydrogen) atoms. The van der Waals surface area contributed by atoms with Gasteiger partial charge in [0.15, 0.2) is 0 Å². The molecule has 0 aromatic carbocycles. The Kier molecular flexibility index (Phi) is 20.4. The summed E-state index contributed by atoms with van der Waals surface area (Å²) in [5, 5.41) is 0. The molecule has 0 spiro atoms. The Balaban J connectivity index is 0. The van der Waals surface area contributed by atoms with Crippen molar-refractivity contribution in [2.75, 3.05) is 0 Å². The Morgan fingerprint density at radius 3 is 1.75 bits per heavy atom. The van der Waals surface area contributed by atoms with Gasteiger partial charge < -0.3 is 0 Å². The molecule has 1 N–H and O–H groups in total. The fourth-order valence-corrected chi connectivity index (χ4v) is 0. The zero-order valence-electron chi connectivity index (χ0n) is 2.01. The minimum absolute atomic E-state index is 0. The molecule has 4 heteroatoms. The number of hydrogen-bond acceptors (Lipinski definition) is 1. The van der Waals surface area contributed by atoms with Crippen molar-refractivity contribution in [1.29, 1.82) is 0 Å². The van der Waals surface area contributed by atoms with Crippen LogP contribution in [-0.4, -0.2) is 39.6 Å². The number of hydrogen-bond donors (Lipinski definition) is 1. The molecule has 0 bridgehead atoms. The van der Waals surface area contributed by atoms with E-state index in [0.717, 1.165) is 0 Å². The SMILES string of the molecule is [Ga].[O]=[GeH][OH]. The van der Waals surface area contributed by atoms with Gasteiger partial charge in [-0.1, -0.05) is 0 Å². The third-order valence-corrected chi connectivity index (χ3v) is 0. The molecule has 0 atom stereocenters. The second-order valence-electron chi connectivity index (χ2n) is 0.105. The minimum atomic E-state index is -1.94. The summed E-state index contributed by atoms with van der Waals surface area (Å²) in [4.78, 5) is 0. The van der Waals surface area contributed by atoms with Crippen molar-refractivity contribution in [1.82, 2.24) is 0 Å². The molecule has 0 unspecified atom stereocenters. The van der Waals surface area contributed by atoms with Gasteiger partial charge in [0, 0.05) is 19.8 Å². The van der Waals surface area contributed by atoms with Gasteiger partial charge in [0.25, 0.3) is 0 Å². The van der Waals surface area contributed by atoms with E-state index in [2.05, 4.69) is 0 Å². The van der Waals surface area contributed by atoms with E-state index in [0.29, 0.717) is 0 Å². The first kappa shape index (κ1) is 8.84. The van der Waals surface area contributed by atoms with Crippen LogP contribution in [0.2, 0.25) is 0 Å². The van der Waals surface area contributed by atoms with E-state index < -0.39 is 15.7 Å². The van der Waals surface area contributed by atoms with Crippen LogP contribution in [-0.2, 0) is 3.78 Å². The Bertz CT molecular complexity index is 13.5. The van der Waals surface area contributed by atoms with Gasteiger partial charge in [0.05, 0.1) is 0 Å². The van der Waals surface area contributed by atoms with E-state index in [4.69, 9.17) is 7.91 Å². The van der Waals surface area contributed by atoms with E-state index in [-0.39, 0.29) is 19.8 Å². The molecule has 0 aliphatic rings. The van der Waals surface area contributed by atoms with Crippen LogP contribution in [0, 0.1) is 0 Å². The second kappa shape index (κ2) is 9.22. The van der Waals surface area contributed by atoms with Crippen LogP contribution in [0.3, 0.4) is 0 Å². The molecule has 0 saturated carbocycles. The molecule has 0 aromatic rings. The first-order valence-electron chi connectivity index (χ1n) is 0.494. The molecule has 0 heterocycles. The normalized spacial score (nSPS) is 3.00. The molecule has 0 aliphatic heterocycles. The molecule has 2 nitrogen and oxygen atoms in total. The maximum absolute atomic E-state index is 8.64. The van der Waals surface area contributed by atoms with E-state index in [1.165, 1.54) is 0 Å². The fraction of sp³-hybridized carbons (Fsp3) is 0. The van der Waals surface area contributed by atoms with Gasteiger partial charge in [0.2, 0.25) is 0 Å². The van der Waals surface area contributed by atoms with Gasteiger partial charge in [-0.25, -0.2) is 0 Å². The zero-order valence-corrected chi connectivity index (χ0v) is 6.86. The van der Waals surface area contributed by atoms with E-state index in [1.807, 2.05) is 0 Å². The fourth-order valence-electron chi connectivity index (χ4n) is 0. The summed E-state index contributed by atoms with van der Waals surface area (Å²) < 4.78 is 15.8. The van der Waals surface area contributed by atoms with Crippen LogP contribution in [0.15, 0.2) is 0 Å². The van der Waals surface area contributed by atoms with Gasteiger partial charge in [-0.15, -0.1) is 0 Å². The van der Waals surface area contributed by atoms with Crippen LogP contribution >= 0.6 is 0 Å². The van der Waals surface area contributed by atoms with Crippen LogP contribution in [0.5, 0.6) is 0 Å². The van der Waals surface area contributed by atoms with E-state index in [1.54, 1.807) is 0 Å². The van der Waals surface area contributed by atoms with Crippen LogP contribution in [0.25, 0.3) is 0 Å². The quantitative estimate of drug-likeness (QED) is 0.447. The molecular weight excluding hydrogens is 174 g/mol. The average molecular weight is 176 g/mol. The van der Waals surface area contributed by atoms with E-state index >= 15 is 0 Å². The van der Waals surface area contributed by atoms with Gasteiger partial charge in [-0.2, -0.15) is 0 Å². The van der Waals surface area contributed by atoms with Gasteiger partial charge in [-0.3, -0.25) is 0 Å². The standard InChI is InChI=1S/Ga.GeH2O2/c;2-1-3/h;1-2H. The molecule has 3 radical (unpaired) electrons. The summed E-state index contributed by atoms with van der Waals surface area (Å²) in [7, 11) is 0. The zero-order chi connectivity index (χ0) is 2.71. The van der Waals surface area contributed by atoms with Gasteiger partial charge >= 0.3 is 23.6 Å². The second-order valence-corrected chi connectivity index (χ2v) is 0.548. The summed E-state index contributed by atoms with van der Waals surface area (Å²) in [5.74, 6) is 0. The van der Waals surface area contributed by atoms with Crippen LogP contribution in [0.1, 0.15) is 0 Å². The van der Waals surface area contributed by atoms with Crippen molar-refractivity contribution in [2.24, 2.45) is 0 Å². The van der Waals surface area contributed by atoms with E-state index in [9.17, 15) is 0 Å². The molecule has 0 aliphatic carbocycles. The molecular formula is H2GaGeO2. The molecule has 0 aromatic heterocycles. The Morgan fingerprint density at radius 2 is 1.75 bits per heavy atom. The van der Waals surface area contributed by atoms with Crippen molar-refractivity contribution in [3.63, 3.8) is 0 Å². The summed E-state index contributed by atoms with van der Waals surface area (Å²) >= 11 is -1.94. The Labute approximate surface area is 43.7 Å². The number of rotatable bonds is 0. The van der Waals surface area contributed by atoms with Crippen molar-refractivity contribution in [2.45, 2.75) is 0 Å². The first-order valence-corrected chi connectivity index (χ1v) is 2.57. The Morgan fingerprint density at radius 1 is 1.75 bits per heavy atom. The average Bonchev–Trinajstić information content (AvgIpc) is 0.918. The predicted molar refractivity (Wildman–Crippen MR) is 15.8 cm³/mol. The molecule has 0 rings (SSSR count). The van der Waals surface area contributed by atoms with Crippen molar-refractivity contribution in [3.05, 3.63) is 0 Å². The van der Waals surface area contributed by atoms with Crippen LogP contribution < -0.4 is 0 Å². The molecule has 21 valence electrons. The topological polar surface area (TPSA) is 37.3 Å². The summed E-state index contributed by atoms with van der Waals surface area (Å²) in [6, 6.07) is 0. The van der Waals surface area contributed by atoms with Gasteiger partial charge in [0.1, 0.15) is 0 Å². The van der Waals surface area contributed by atoms with Crippen molar-refractivity contribution in [3.8, 4) is 0 Å². The summed E-state index contributed by atoms with van der Waals surface area (Å²) in [6.45, 7) is 0. The predicted octanol–water partition coefficient (Wildman–Crippen LogP) is -1.71. The summed E-state index contributed by atoms with van der Waals surface area (Å²) in [5.41, 5.74) is 0. The third kappa shape index (κ3) is 14.5. The molecule has 0 amide bonds. The third-order valence-electron chi connectivity index (χ3n) is 0.